The monoisotopic (exact) mass is 566 g/mol. The SMILES string of the molecule is COCCN(CCOC)S(=O)(=O)CC(C)C.COCCOCN(COCCOC)S(=O)(=O)CC(C)C. The van der Waals surface area contributed by atoms with Crippen molar-refractivity contribution in [3.05, 3.63) is 0 Å². The van der Waals surface area contributed by atoms with Crippen LogP contribution < -0.4 is 0 Å². The molecule has 0 spiro atoms. The number of sulfonamides is 2. The molecule has 0 fully saturated rings. The largest absolute Gasteiger partial charge is 0.383 e. The van der Waals surface area contributed by atoms with Gasteiger partial charge in [0.15, 0.2) is 0 Å². The van der Waals surface area contributed by atoms with E-state index in [1.165, 1.54) is 8.61 Å². The minimum Gasteiger partial charge on any atom is -0.383 e. The minimum absolute atomic E-state index is 0.0363. The van der Waals surface area contributed by atoms with E-state index in [4.69, 9.17) is 28.4 Å². The van der Waals surface area contributed by atoms with Crippen molar-refractivity contribution in [2.75, 3.05) is 106 Å². The van der Waals surface area contributed by atoms with E-state index in [1.807, 2.05) is 27.7 Å². The van der Waals surface area contributed by atoms with Crippen LogP contribution in [0.5, 0.6) is 0 Å². The van der Waals surface area contributed by atoms with E-state index in [-0.39, 0.29) is 36.8 Å². The van der Waals surface area contributed by atoms with Gasteiger partial charge in [0.1, 0.15) is 13.5 Å². The molecular formula is C22H50N2O10S2. The van der Waals surface area contributed by atoms with Gasteiger partial charge in [-0.3, -0.25) is 0 Å². The Labute approximate surface area is 219 Å². The fraction of sp³-hybridized carbons (Fsp3) is 1.00. The third-order valence-electron chi connectivity index (χ3n) is 4.30. The number of methoxy groups -OCH3 is 4. The number of nitrogens with zero attached hydrogens (tertiary/aromatic N) is 2. The summed E-state index contributed by atoms with van der Waals surface area (Å²) in [5, 5.41) is 0. The topological polar surface area (TPSA) is 130 Å². The minimum atomic E-state index is -3.39. The summed E-state index contributed by atoms with van der Waals surface area (Å²) in [6.07, 6.45) is 0. The van der Waals surface area contributed by atoms with Gasteiger partial charge in [-0.1, -0.05) is 27.7 Å². The lowest BCUT2D eigenvalue weighted by molar-refractivity contribution is -0.0228. The highest BCUT2D eigenvalue weighted by Gasteiger charge is 2.24. The van der Waals surface area contributed by atoms with Gasteiger partial charge in [0.05, 0.1) is 51.1 Å². The molecule has 0 saturated carbocycles. The van der Waals surface area contributed by atoms with Crippen molar-refractivity contribution in [2.45, 2.75) is 27.7 Å². The van der Waals surface area contributed by atoms with E-state index in [0.717, 1.165) is 0 Å². The van der Waals surface area contributed by atoms with Crippen molar-refractivity contribution in [1.82, 2.24) is 8.61 Å². The molecule has 0 aliphatic carbocycles. The van der Waals surface area contributed by atoms with Gasteiger partial charge in [0, 0.05) is 41.5 Å². The van der Waals surface area contributed by atoms with Gasteiger partial charge >= 0.3 is 0 Å². The Morgan fingerprint density at radius 1 is 0.528 bits per heavy atom. The molecule has 0 heterocycles. The molecule has 0 aliphatic rings. The molecule has 0 aliphatic heterocycles. The maximum atomic E-state index is 12.2. The summed E-state index contributed by atoms with van der Waals surface area (Å²) in [5.74, 6) is 0.396. The van der Waals surface area contributed by atoms with Crippen molar-refractivity contribution in [3.8, 4) is 0 Å². The van der Waals surface area contributed by atoms with E-state index < -0.39 is 20.0 Å². The average molecular weight is 567 g/mol. The summed E-state index contributed by atoms with van der Waals surface area (Å²) in [6.45, 7) is 10.5. The molecule has 12 nitrogen and oxygen atoms in total. The van der Waals surface area contributed by atoms with E-state index in [1.54, 1.807) is 28.4 Å². The lowest BCUT2D eigenvalue weighted by Gasteiger charge is -2.22. The molecule has 0 amide bonds. The van der Waals surface area contributed by atoms with Gasteiger partial charge in [0.25, 0.3) is 0 Å². The standard InChI is InChI=1S/C12H27NO6S.C10H23NO4S/c1-12(2)9-20(14,15)13(10-18-7-5-16-3)11-19-8-6-17-4;1-10(2)9-16(12,13)11(5-7-14-3)6-8-15-4/h12H,5-11H2,1-4H3;10H,5-9H2,1-4H3. The van der Waals surface area contributed by atoms with Crippen LogP contribution in [0.3, 0.4) is 0 Å². The number of hydrogen-bond acceptors (Lipinski definition) is 10. The highest BCUT2D eigenvalue weighted by Crippen LogP contribution is 2.08. The van der Waals surface area contributed by atoms with Crippen molar-refractivity contribution < 1.29 is 45.3 Å². The molecule has 0 saturated heterocycles. The average Bonchev–Trinajstić information content (AvgIpc) is 2.76. The van der Waals surface area contributed by atoms with Gasteiger partial charge in [-0.25, -0.2) is 16.8 Å². The lowest BCUT2D eigenvalue weighted by atomic mass is 10.3. The molecule has 220 valence electrons. The molecule has 0 N–H and O–H groups in total. The Morgan fingerprint density at radius 2 is 0.861 bits per heavy atom. The quantitative estimate of drug-likeness (QED) is 0.139. The summed E-state index contributed by atoms with van der Waals surface area (Å²) in [7, 11) is -0.349. The highest BCUT2D eigenvalue weighted by molar-refractivity contribution is 7.89. The van der Waals surface area contributed by atoms with Crippen LogP contribution in [0.2, 0.25) is 0 Å². The van der Waals surface area contributed by atoms with Gasteiger partial charge in [-0.05, 0) is 11.8 Å². The third-order valence-corrected chi connectivity index (χ3v) is 8.62. The molecular weight excluding hydrogens is 516 g/mol. The first-order valence-corrected chi connectivity index (χ1v) is 15.2. The van der Waals surface area contributed by atoms with E-state index in [9.17, 15) is 16.8 Å². The Hall–Kier alpha value is -0.420. The fourth-order valence-electron chi connectivity index (χ4n) is 2.64. The Kier molecular flexibility index (Phi) is 23.6. The molecule has 0 aromatic carbocycles. The van der Waals surface area contributed by atoms with Crippen LogP contribution in [-0.2, 0) is 48.5 Å². The summed E-state index contributed by atoms with van der Waals surface area (Å²) < 4.78 is 80.9. The highest BCUT2D eigenvalue weighted by atomic mass is 32.2. The van der Waals surface area contributed by atoms with Crippen molar-refractivity contribution in [3.63, 3.8) is 0 Å². The number of ether oxygens (including phenoxy) is 6. The first-order chi connectivity index (χ1) is 16.9. The van der Waals surface area contributed by atoms with Gasteiger partial charge < -0.3 is 28.4 Å². The lowest BCUT2D eigenvalue weighted by Crippen LogP contribution is -2.38. The van der Waals surface area contributed by atoms with Crippen LogP contribution in [-0.4, -0.2) is 132 Å². The van der Waals surface area contributed by atoms with Crippen molar-refractivity contribution in [2.24, 2.45) is 11.8 Å². The summed E-state index contributed by atoms with van der Waals surface area (Å²) in [6, 6.07) is 0. The smallest absolute Gasteiger partial charge is 0.218 e. The Bertz CT molecular complexity index is 684. The second-order valence-electron chi connectivity index (χ2n) is 8.74. The zero-order chi connectivity index (χ0) is 28.0. The summed E-state index contributed by atoms with van der Waals surface area (Å²) in [5.41, 5.74) is 0. The summed E-state index contributed by atoms with van der Waals surface area (Å²) >= 11 is 0. The van der Waals surface area contributed by atoms with Gasteiger partial charge in [-0.15, -0.1) is 0 Å². The predicted octanol–water partition coefficient (Wildman–Crippen LogP) is 1.08. The molecule has 0 atom stereocenters. The second kappa shape index (κ2) is 22.6. The van der Waals surface area contributed by atoms with Crippen LogP contribution in [0.15, 0.2) is 0 Å². The molecule has 36 heavy (non-hydrogen) atoms. The molecule has 0 bridgehead atoms. The Balaban J connectivity index is 0. The van der Waals surface area contributed by atoms with Crippen LogP contribution in [0, 0.1) is 11.8 Å². The normalized spacial score (nSPS) is 12.6. The molecule has 0 aromatic rings. The second-order valence-corrected chi connectivity index (χ2v) is 12.8. The maximum Gasteiger partial charge on any atom is 0.218 e. The number of hydrogen-bond donors (Lipinski definition) is 0. The van der Waals surface area contributed by atoms with E-state index in [0.29, 0.717) is 52.7 Å². The first-order valence-electron chi connectivity index (χ1n) is 11.9. The molecule has 0 unspecified atom stereocenters. The summed E-state index contributed by atoms with van der Waals surface area (Å²) in [4.78, 5) is 0. The van der Waals surface area contributed by atoms with Crippen LogP contribution >= 0.6 is 0 Å². The van der Waals surface area contributed by atoms with Crippen LogP contribution in [0.25, 0.3) is 0 Å². The first kappa shape index (κ1) is 37.7. The molecule has 14 heteroatoms. The molecule has 0 rings (SSSR count). The predicted molar refractivity (Wildman–Crippen MR) is 140 cm³/mol. The van der Waals surface area contributed by atoms with Gasteiger partial charge in [-0.2, -0.15) is 8.61 Å². The third kappa shape index (κ3) is 20.6. The molecule has 0 radical (unpaired) electrons. The van der Waals surface area contributed by atoms with E-state index in [2.05, 4.69) is 0 Å². The Morgan fingerprint density at radius 3 is 1.17 bits per heavy atom. The maximum absolute atomic E-state index is 12.2. The van der Waals surface area contributed by atoms with Crippen molar-refractivity contribution >= 4 is 20.0 Å². The van der Waals surface area contributed by atoms with Crippen LogP contribution in [0.4, 0.5) is 0 Å². The van der Waals surface area contributed by atoms with Gasteiger partial charge in [0.2, 0.25) is 20.0 Å². The zero-order valence-corrected chi connectivity index (χ0v) is 25.1. The van der Waals surface area contributed by atoms with Crippen LogP contribution in [0.1, 0.15) is 27.7 Å². The fourth-order valence-corrected chi connectivity index (χ4v) is 5.93. The van der Waals surface area contributed by atoms with Crippen molar-refractivity contribution in [1.29, 1.82) is 0 Å². The zero-order valence-electron chi connectivity index (χ0n) is 23.4. The number of rotatable bonds is 22. The molecule has 0 aromatic heterocycles. The van der Waals surface area contributed by atoms with E-state index >= 15 is 0 Å².